The summed E-state index contributed by atoms with van der Waals surface area (Å²) in [5.41, 5.74) is 8.70. The van der Waals surface area contributed by atoms with E-state index in [2.05, 4.69) is 168 Å². The van der Waals surface area contributed by atoms with Crippen molar-refractivity contribution in [1.29, 1.82) is 0 Å². The smallest absolute Gasteiger partial charge is 0.0626 e. The van der Waals surface area contributed by atoms with Crippen LogP contribution in [-0.2, 0) is 0 Å². The number of hydrogen-bond donors (Lipinski definition) is 0. The average molecular weight is 570 g/mol. The van der Waals surface area contributed by atoms with E-state index >= 15 is 0 Å². The van der Waals surface area contributed by atoms with Gasteiger partial charge in [0.05, 0.1) is 11.0 Å². The summed E-state index contributed by atoms with van der Waals surface area (Å²) < 4.78 is 2.47. The summed E-state index contributed by atoms with van der Waals surface area (Å²) in [7, 11) is 0. The zero-order valence-corrected chi connectivity index (χ0v) is 24.5. The monoisotopic (exact) mass is 569 g/mol. The Morgan fingerprint density at radius 2 is 0.933 bits per heavy atom. The minimum Gasteiger partial charge on any atom is -0.309 e. The van der Waals surface area contributed by atoms with Gasteiger partial charge in [-0.2, -0.15) is 0 Å². The fourth-order valence-corrected chi connectivity index (χ4v) is 7.81. The van der Waals surface area contributed by atoms with E-state index in [9.17, 15) is 0 Å². The third kappa shape index (κ3) is 3.44. The van der Waals surface area contributed by atoms with Crippen molar-refractivity contribution >= 4 is 64.9 Å². The van der Waals surface area contributed by atoms with Gasteiger partial charge in [0.15, 0.2) is 0 Å². The van der Waals surface area contributed by atoms with Crippen LogP contribution in [0.4, 0.5) is 0 Å². The lowest BCUT2D eigenvalue weighted by molar-refractivity contribution is 1.19. The van der Waals surface area contributed by atoms with Gasteiger partial charge in [-0.15, -0.1) is 0 Å². The number of hydrogen-bond acceptors (Lipinski definition) is 0. The van der Waals surface area contributed by atoms with Crippen molar-refractivity contribution in [3.8, 4) is 27.9 Å². The van der Waals surface area contributed by atoms with Crippen LogP contribution in [0.3, 0.4) is 0 Å². The molecule has 0 unspecified atom stereocenters. The molecule has 0 aliphatic carbocycles. The Morgan fingerprint density at radius 3 is 1.80 bits per heavy atom. The predicted octanol–water partition coefficient (Wildman–Crippen LogP) is 12.2. The van der Waals surface area contributed by atoms with E-state index in [1.807, 2.05) is 0 Å². The molecule has 1 heterocycles. The lowest BCUT2D eigenvalue weighted by Gasteiger charge is -2.18. The molecule has 0 saturated heterocycles. The first-order chi connectivity index (χ1) is 22.3. The van der Waals surface area contributed by atoms with Crippen LogP contribution in [0.5, 0.6) is 0 Å². The molecule has 0 fully saturated rings. The second kappa shape index (κ2) is 9.29. The summed E-state index contributed by atoms with van der Waals surface area (Å²) in [6, 6.07) is 60.1. The molecule has 0 aliphatic heterocycles. The van der Waals surface area contributed by atoms with Gasteiger partial charge in [-0.05, 0) is 78.8 Å². The molecular weight excluding hydrogens is 542 g/mol. The molecule has 208 valence electrons. The molecule has 0 saturated carbocycles. The zero-order chi connectivity index (χ0) is 29.5. The second-order valence-corrected chi connectivity index (χ2v) is 12.1. The molecule has 0 atom stereocenters. The maximum absolute atomic E-state index is 2.47. The van der Waals surface area contributed by atoms with Crippen LogP contribution in [-0.4, -0.2) is 4.57 Å². The molecule has 10 aromatic rings. The van der Waals surface area contributed by atoms with E-state index in [-0.39, 0.29) is 0 Å². The molecule has 1 aromatic heterocycles. The fraction of sp³-hybridized carbons (Fsp3) is 0. The molecule has 1 heteroatoms. The largest absolute Gasteiger partial charge is 0.309 e. The second-order valence-electron chi connectivity index (χ2n) is 12.1. The molecule has 9 aromatic carbocycles. The normalized spacial score (nSPS) is 12.0. The van der Waals surface area contributed by atoms with E-state index in [0.717, 1.165) is 0 Å². The lowest BCUT2D eigenvalue weighted by Crippen LogP contribution is -1.95. The minimum absolute atomic E-state index is 1.18. The summed E-state index contributed by atoms with van der Waals surface area (Å²) in [4.78, 5) is 0. The van der Waals surface area contributed by atoms with Crippen LogP contribution < -0.4 is 0 Å². The lowest BCUT2D eigenvalue weighted by atomic mass is 9.86. The van der Waals surface area contributed by atoms with Gasteiger partial charge in [0, 0.05) is 27.2 Å². The maximum atomic E-state index is 2.47. The Hall–Kier alpha value is -5.92. The molecule has 0 aliphatic rings. The molecule has 0 radical (unpaired) electrons. The van der Waals surface area contributed by atoms with Crippen molar-refractivity contribution < 1.29 is 0 Å². The SMILES string of the molecule is c1ccc(-n2c3ccccc3c3c4cccc5cc(-c6ccc(-c7cccc8ccccc78)cc6)c6cccc(c6c54)c32)cc1. The highest BCUT2D eigenvalue weighted by Crippen LogP contribution is 2.47. The fourth-order valence-electron chi connectivity index (χ4n) is 7.81. The minimum atomic E-state index is 1.18. The van der Waals surface area contributed by atoms with E-state index in [1.54, 1.807) is 0 Å². The van der Waals surface area contributed by atoms with Crippen molar-refractivity contribution in [3.05, 3.63) is 164 Å². The standard InChI is InChI=1S/C44H27N/c1-2-14-32(15-3-1)45-40-22-7-6-17-36(40)43-37-20-9-13-31-27-39(35-19-10-21-38(44(43)45)42(35)41(31)37)30-25-23-29(24-26-30)34-18-8-12-28-11-4-5-16-33(28)34/h1-27H. The first kappa shape index (κ1) is 24.5. The molecule has 45 heavy (non-hydrogen) atoms. The van der Waals surface area contributed by atoms with E-state index in [0.29, 0.717) is 0 Å². The van der Waals surface area contributed by atoms with Crippen LogP contribution in [0.25, 0.3) is 92.8 Å². The van der Waals surface area contributed by atoms with Crippen LogP contribution in [0, 0.1) is 0 Å². The highest BCUT2D eigenvalue weighted by Gasteiger charge is 2.22. The summed E-state index contributed by atoms with van der Waals surface area (Å²) in [5, 5.41) is 13.0. The number of fused-ring (bicyclic) bond motifs is 6. The quantitative estimate of drug-likeness (QED) is 0.187. The van der Waals surface area contributed by atoms with Crippen LogP contribution in [0.15, 0.2) is 164 Å². The van der Waals surface area contributed by atoms with Gasteiger partial charge in [-0.25, -0.2) is 0 Å². The van der Waals surface area contributed by atoms with Crippen molar-refractivity contribution in [2.45, 2.75) is 0 Å². The maximum Gasteiger partial charge on any atom is 0.0626 e. The Bertz CT molecular complexity index is 2720. The summed E-state index contributed by atoms with van der Waals surface area (Å²) >= 11 is 0. The van der Waals surface area contributed by atoms with Crippen molar-refractivity contribution in [1.82, 2.24) is 4.57 Å². The molecule has 0 bridgehead atoms. The van der Waals surface area contributed by atoms with Gasteiger partial charge in [-0.3, -0.25) is 0 Å². The van der Waals surface area contributed by atoms with Gasteiger partial charge in [-0.1, -0.05) is 140 Å². The highest BCUT2D eigenvalue weighted by molar-refractivity contribution is 6.39. The zero-order valence-electron chi connectivity index (χ0n) is 24.5. The molecule has 0 amide bonds. The van der Waals surface area contributed by atoms with Crippen molar-refractivity contribution in [2.24, 2.45) is 0 Å². The molecular formula is C44H27N. The van der Waals surface area contributed by atoms with Gasteiger partial charge in [0.25, 0.3) is 0 Å². The Labute approximate surface area is 260 Å². The molecule has 0 spiro atoms. The van der Waals surface area contributed by atoms with Crippen LogP contribution in [0.2, 0.25) is 0 Å². The molecule has 10 rings (SSSR count). The van der Waals surface area contributed by atoms with Gasteiger partial charge in [0.2, 0.25) is 0 Å². The Kier molecular flexibility index (Phi) is 5.06. The Morgan fingerprint density at radius 1 is 0.333 bits per heavy atom. The van der Waals surface area contributed by atoms with Gasteiger partial charge >= 0.3 is 0 Å². The van der Waals surface area contributed by atoms with Crippen molar-refractivity contribution in [2.75, 3.05) is 0 Å². The van der Waals surface area contributed by atoms with Gasteiger partial charge in [0.1, 0.15) is 0 Å². The number of rotatable bonds is 3. The van der Waals surface area contributed by atoms with Crippen LogP contribution in [0.1, 0.15) is 0 Å². The van der Waals surface area contributed by atoms with Crippen molar-refractivity contribution in [3.63, 3.8) is 0 Å². The summed E-state index contributed by atoms with van der Waals surface area (Å²) in [6.07, 6.45) is 0. The molecule has 1 nitrogen and oxygen atoms in total. The topological polar surface area (TPSA) is 4.93 Å². The number of nitrogens with zero attached hydrogens (tertiary/aromatic N) is 1. The first-order valence-electron chi connectivity index (χ1n) is 15.6. The van der Waals surface area contributed by atoms with E-state index < -0.39 is 0 Å². The van der Waals surface area contributed by atoms with Gasteiger partial charge < -0.3 is 4.57 Å². The average Bonchev–Trinajstić information content (AvgIpc) is 3.47. The van der Waals surface area contributed by atoms with Crippen LogP contribution >= 0.6 is 0 Å². The Balaban J connectivity index is 1.28. The number of aromatic nitrogens is 1. The third-order valence-electron chi connectivity index (χ3n) is 9.71. The van der Waals surface area contributed by atoms with E-state index in [1.165, 1.54) is 92.8 Å². The number of para-hydroxylation sites is 2. The highest BCUT2D eigenvalue weighted by atomic mass is 15.0. The van der Waals surface area contributed by atoms with E-state index in [4.69, 9.17) is 0 Å². The first-order valence-corrected chi connectivity index (χ1v) is 15.6. The number of benzene rings is 9. The summed E-state index contributed by atoms with van der Waals surface area (Å²) in [5.74, 6) is 0. The summed E-state index contributed by atoms with van der Waals surface area (Å²) in [6.45, 7) is 0. The third-order valence-corrected chi connectivity index (χ3v) is 9.71. The molecule has 0 N–H and O–H groups in total. The predicted molar refractivity (Wildman–Crippen MR) is 193 cm³/mol.